The number of nitrogens with one attached hydrogen (secondary N) is 2. The number of hydrogen-bond acceptors (Lipinski definition) is 5. The van der Waals surface area contributed by atoms with Crippen LogP contribution in [0.2, 0.25) is 5.02 Å². The van der Waals surface area contributed by atoms with Crippen molar-refractivity contribution in [2.45, 2.75) is 26.6 Å². The van der Waals surface area contributed by atoms with Gasteiger partial charge in [-0.1, -0.05) is 23.7 Å². The number of halogens is 4. The van der Waals surface area contributed by atoms with Crippen LogP contribution in [0, 0.1) is 5.41 Å². The quantitative estimate of drug-likeness (QED) is 0.303. The molecule has 4 rings (SSSR count). The second-order valence-electron chi connectivity index (χ2n) is 9.19. The van der Waals surface area contributed by atoms with Gasteiger partial charge in [0.25, 0.3) is 5.91 Å². The first-order chi connectivity index (χ1) is 17.9. The van der Waals surface area contributed by atoms with E-state index in [2.05, 4.69) is 20.7 Å². The molecule has 0 bridgehead atoms. The maximum absolute atomic E-state index is 13.1. The third-order valence-corrected chi connectivity index (χ3v) is 6.21. The molecule has 0 atom stereocenters. The van der Waals surface area contributed by atoms with E-state index in [1.807, 2.05) is 0 Å². The molecule has 0 aliphatic carbocycles. The topological polar surface area (TPSA) is 109 Å². The Morgan fingerprint density at radius 2 is 1.84 bits per heavy atom. The van der Waals surface area contributed by atoms with Gasteiger partial charge >= 0.3 is 6.18 Å². The lowest BCUT2D eigenvalue weighted by atomic mass is 9.93. The molecule has 0 aliphatic rings. The number of aromatic nitrogens is 3. The van der Waals surface area contributed by atoms with Gasteiger partial charge < -0.3 is 15.7 Å². The third-order valence-electron chi connectivity index (χ3n) is 5.88. The second-order valence-corrected chi connectivity index (χ2v) is 9.59. The average Bonchev–Trinajstić information content (AvgIpc) is 3.32. The van der Waals surface area contributed by atoms with Crippen LogP contribution in [0.25, 0.3) is 16.6 Å². The Bertz CT molecular complexity index is 1500. The van der Waals surface area contributed by atoms with Gasteiger partial charge in [0.05, 0.1) is 51.9 Å². The van der Waals surface area contributed by atoms with E-state index in [9.17, 15) is 27.9 Å². The molecular formula is C26H23ClF3N5O3. The van der Waals surface area contributed by atoms with Gasteiger partial charge in [0.1, 0.15) is 5.69 Å². The molecule has 2 amide bonds. The molecule has 198 valence electrons. The van der Waals surface area contributed by atoms with Crippen molar-refractivity contribution in [2.24, 2.45) is 5.41 Å². The molecule has 0 fully saturated rings. The number of aliphatic hydroxyl groups excluding tert-OH is 1. The minimum absolute atomic E-state index is 0.128. The molecule has 2 aromatic carbocycles. The summed E-state index contributed by atoms with van der Waals surface area (Å²) in [7, 11) is 0. The van der Waals surface area contributed by atoms with Gasteiger partial charge in [-0.2, -0.15) is 18.3 Å². The summed E-state index contributed by atoms with van der Waals surface area (Å²) < 4.78 is 40.0. The Balaban J connectivity index is 1.56. The smallest absolute Gasteiger partial charge is 0.395 e. The Morgan fingerprint density at radius 1 is 1.08 bits per heavy atom. The molecule has 0 saturated heterocycles. The van der Waals surface area contributed by atoms with Gasteiger partial charge in [-0.05, 0) is 55.8 Å². The molecule has 8 nitrogen and oxygen atoms in total. The maximum atomic E-state index is 13.1. The van der Waals surface area contributed by atoms with E-state index in [0.717, 1.165) is 12.3 Å². The lowest BCUT2D eigenvalue weighted by Crippen LogP contribution is -2.38. The number of fused-ring (bicyclic) bond motifs is 1. The zero-order chi connectivity index (χ0) is 27.7. The van der Waals surface area contributed by atoms with Crippen LogP contribution in [0.1, 0.15) is 35.5 Å². The number of hydrogen-bond donors (Lipinski definition) is 3. The number of alkyl halides is 3. The SMILES string of the molecule is CC(C)(CO)C(=O)NCc1ccc(Cl)c(C(=O)Nc2cccc3c2cnn3-c2ccc(C(F)(F)F)nc2)c1. The number of pyridine rings is 1. The number of carbonyl (C=O) groups excluding carboxylic acids is 2. The largest absolute Gasteiger partial charge is 0.433 e. The zero-order valence-electron chi connectivity index (χ0n) is 20.3. The van der Waals surface area contributed by atoms with Crippen LogP contribution in [0.4, 0.5) is 18.9 Å². The van der Waals surface area contributed by atoms with E-state index in [4.69, 9.17) is 11.6 Å². The van der Waals surface area contributed by atoms with E-state index >= 15 is 0 Å². The molecule has 0 aliphatic heterocycles. The Labute approximate surface area is 220 Å². The van der Waals surface area contributed by atoms with Crippen LogP contribution in [-0.2, 0) is 17.5 Å². The normalized spacial score (nSPS) is 12.0. The van der Waals surface area contributed by atoms with Crippen molar-refractivity contribution in [3.8, 4) is 5.69 Å². The highest BCUT2D eigenvalue weighted by molar-refractivity contribution is 6.34. The Morgan fingerprint density at radius 3 is 2.50 bits per heavy atom. The number of aliphatic hydroxyl groups is 1. The molecule has 4 aromatic rings. The molecule has 12 heteroatoms. The zero-order valence-corrected chi connectivity index (χ0v) is 21.1. The minimum Gasteiger partial charge on any atom is -0.395 e. The molecule has 0 unspecified atom stereocenters. The summed E-state index contributed by atoms with van der Waals surface area (Å²) >= 11 is 6.28. The van der Waals surface area contributed by atoms with E-state index < -0.39 is 23.2 Å². The summed E-state index contributed by atoms with van der Waals surface area (Å²) in [5.74, 6) is -0.844. The first-order valence-electron chi connectivity index (χ1n) is 11.4. The first-order valence-corrected chi connectivity index (χ1v) is 11.8. The first kappa shape index (κ1) is 27.1. The highest BCUT2D eigenvalue weighted by atomic mass is 35.5. The molecule has 3 N–H and O–H groups in total. The van der Waals surface area contributed by atoms with Gasteiger partial charge in [-0.3, -0.25) is 9.59 Å². The molecule has 2 heterocycles. The summed E-state index contributed by atoms with van der Waals surface area (Å²) in [6, 6.07) is 12.0. The molecule has 2 aromatic heterocycles. The van der Waals surface area contributed by atoms with Crippen molar-refractivity contribution in [1.29, 1.82) is 0 Å². The summed E-state index contributed by atoms with van der Waals surface area (Å²) in [6.45, 7) is 3.04. The number of rotatable bonds is 7. The monoisotopic (exact) mass is 545 g/mol. The van der Waals surface area contributed by atoms with Gasteiger partial charge in [0.2, 0.25) is 5.91 Å². The van der Waals surface area contributed by atoms with Crippen LogP contribution in [0.5, 0.6) is 0 Å². The lowest BCUT2D eigenvalue weighted by molar-refractivity contribution is -0.141. The van der Waals surface area contributed by atoms with Crippen LogP contribution in [-0.4, -0.2) is 38.3 Å². The second kappa shape index (κ2) is 10.4. The fraction of sp³-hybridized carbons (Fsp3) is 0.231. The number of carbonyl (C=O) groups is 2. The Kier molecular flexibility index (Phi) is 7.43. The van der Waals surface area contributed by atoms with Crippen molar-refractivity contribution < 1.29 is 27.9 Å². The average molecular weight is 546 g/mol. The number of anilines is 1. The standard InChI is InChI=1S/C26H23ClF3N5O3/c1-25(2,14-36)24(38)32-11-15-6-8-19(27)17(10-15)23(37)34-20-4-3-5-21-18(20)13-33-35(21)16-7-9-22(31-12-16)26(28,29)30/h3-10,12-13,36H,11,14H2,1-2H3,(H,32,38)(H,34,37). The van der Waals surface area contributed by atoms with Crippen LogP contribution >= 0.6 is 11.6 Å². The van der Waals surface area contributed by atoms with Gasteiger partial charge in [-0.25, -0.2) is 9.67 Å². The number of amides is 2. The van der Waals surface area contributed by atoms with Crippen LogP contribution in [0.3, 0.4) is 0 Å². The predicted octanol–water partition coefficient (Wildman–Crippen LogP) is 4.98. The molecule has 38 heavy (non-hydrogen) atoms. The van der Waals surface area contributed by atoms with E-state index in [1.165, 1.54) is 16.9 Å². The molecule has 0 radical (unpaired) electrons. The van der Waals surface area contributed by atoms with Crippen LogP contribution < -0.4 is 10.6 Å². The predicted molar refractivity (Wildman–Crippen MR) is 136 cm³/mol. The third kappa shape index (κ3) is 5.63. The summed E-state index contributed by atoms with van der Waals surface area (Å²) in [6.07, 6.45) is -1.99. The minimum atomic E-state index is -4.55. The summed E-state index contributed by atoms with van der Waals surface area (Å²) in [4.78, 5) is 28.8. The lowest BCUT2D eigenvalue weighted by Gasteiger charge is -2.20. The fourth-order valence-corrected chi connectivity index (χ4v) is 3.79. The van der Waals surface area contributed by atoms with Crippen molar-refractivity contribution in [1.82, 2.24) is 20.1 Å². The Hall–Kier alpha value is -3.96. The van der Waals surface area contributed by atoms with E-state index in [-0.39, 0.29) is 29.6 Å². The number of nitrogens with zero attached hydrogens (tertiary/aromatic N) is 3. The summed E-state index contributed by atoms with van der Waals surface area (Å²) in [5, 5.41) is 19.9. The van der Waals surface area contributed by atoms with Gasteiger partial charge in [0, 0.05) is 11.9 Å². The van der Waals surface area contributed by atoms with Crippen molar-refractivity contribution in [2.75, 3.05) is 11.9 Å². The fourth-order valence-electron chi connectivity index (χ4n) is 3.58. The number of benzene rings is 2. The van der Waals surface area contributed by atoms with Crippen LogP contribution in [0.15, 0.2) is 60.9 Å². The van der Waals surface area contributed by atoms with Gasteiger partial charge in [-0.15, -0.1) is 0 Å². The van der Waals surface area contributed by atoms with Crippen molar-refractivity contribution >= 4 is 40.0 Å². The molecular weight excluding hydrogens is 523 g/mol. The highest BCUT2D eigenvalue weighted by Gasteiger charge is 2.32. The highest BCUT2D eigenvalue weighted by Crippen LogP contribution is 2.30. The maximum Gasteiger partial charge on any atom is 0.433 e. The van der Waals surface area contributed by atoms with Crippen molar-refractivity contribution in [3.63, 3.8) is 0 Å². The van der Waals surface area contributed by atoms with E-state index in [1.54, 1.807) is 50.2 Å². The molecule has 0 spiro atoms. The van der Waals surface area contributed by atoms with Gasteiger partial charge in [0.15, 0.2) is 0 Å². The molecule has 0 saturated carbocycles. The van der Waals surface area contributed by atoms with E-state index in [0.29, 0.717) is 27.8 Å². The summed E-state index contributed by atoms with van der Waals surface area (Å²) in [5.41, 5.74) is 0.113. The van der Waals surface area contributed by atoms with Crippen molar-refractivity contribution in [3.05, 3.63) is 82.8 Å².